The Balaban J connectivity index is 1.80. The monoisotopic (exact) mass is 355 g/mol. The standard InChI is InChI=1S/C20H21NO3S/c22-20(12-11-17-7-3-1-4-8-17)21(15-18-9-5-2-6-10-18)19-13-14-25(23,24)16-19/h1-12,19H,13-16H2/b12-11+. The summed E-state index contributed by atoms with van der Waals surface area (Å²) in [7, 11) is -3.05. The van der Waals surface area contributed by atoms with Crippen LogP contribution in [0.5, 0.6) is 0 Å². The summed E-state index contributed by atoms with van der Waals surface area (Å²) in [6.45, 7) is 0.416. The van der Waals surface area contributed by atoms with Crippen LogP contribution in [0, 0.1) is 0 Å². The number of hydrogen-bond donors (Lipinski definition) is 0. The first-order valence-electron chi connectivity index (χ1n) is 8.31. The third-order valence-corrected chi connectivity index (χ3v) is 6.10. The van der Waals surface area contributed by atoms with Crippen LogP contribution in [0.1, 0.15) is 17.5 Å². The summed E-state index contributed by atoms with van der Waals surface area (Å²) in [5.74, 6) is 0.0402. The van der Waals surface area contributed by atoms with Gasteiger partial charge in [-0.2, -0.15) is 0 Å². The molecule has 1 aliphatic rings. The Hall–Kier alpha value is -2.40. The molecule has 25 heavy (non-hydrogen) atoms. The highest BCUT2D eigenvalue weighted by Gasteiger charge is 2.34. The molecule has 1 saturated heterocycles. The summed E-state index contributed by atoms with van der Waals surface area (Å²) in [4.78, 5) is 14.4. The molecule has 0 aliphatic carbocycles. The van der Waals surface area contributed by atoms with Crippen molar-refractivity contribution < 1.29 is 13.2 Å². The van der Waals surface area contributed by atoms with Gasteiger partial charge in [0.1, 0.15) is 0 Å². The normalized spacial score (nSPS) is 19.1. The van der Waals surface area contributed by atoms with E-state index < -0.39 is 9.84 Å². The predicted molar refractivity (Wildman–Crippen MR) is 99.5 cm³/mol. The smallest absolute Gasteiger partial charge is 0.247 e. The molecule has 0 saturated carbocycles. The lowest BCUT2D eigenvalue weighted by atomic mass is 10.1. The van der Waals surface area contributed by atoms with E-state index in [2.05, 4.69) is 0 Å². The lowest BCUT2D eigenvalue weighted by Crippen LogP contribution is -2.39. The molecule has 1 aliphatic heterocycles. The lowest BCUT2D eigenvalue weighted by molar-refractivity contribution is -0.128. The molecule has 1 amide bonds. The molecular formula is C20H21NO3S. The zero-order valence-corrected chi connectivity index (χ0v) is 14.7. The molecule has 0 bridgehead atoms. The number of rotatable bonds is 5. The van der Waals surface area contributed by atoms with E-state index in [9.17, 15) is 13.2 Å². The highest BCUT2D eigenvalue weighted by atomic mass is 32.2. The Morgan fingerprint density at radius 3 is 2.28 bits per heavy atom. The first-order valence-corrected chi connectivity index (χ1v) is 10.1. The van der Waals surface area contributed by atoms with Gasteiger partial charge < -0.3 is 4.90 Å². The van der Waals surface area contributed by atoms with Gasteiger partial charge in [-0.25, -0.2) is 8.42 Å². The van der Waals surface area contributed by atoms with E-state index in [0.717, 1.165) is 11.1 Å². The Morgan fingerprint density at radius 1 is 1.04 bits per heavy atom. The molecule has 0 spiro atoms. The minimum absolute atomic E-state index is 0.0464. The molecule has 2 aromatic carbocycles. The maximum atomic E-state index is 12.8. The molecule has 1 unspecified atom stereocenters. The molecule has 130 valence electrons. The van der Waals surface area contributed by atoms with Crippen molar-refractivity contribution in [2.75, 3.05) is 11.5 Å². The number of sulfone groups is 1. The summed E-state index contributed by atoms with van der Waals surface area (Å²) < 4.78 is 23.7. The summed E-state index contributed by atoms with van der Waals surface area (Å²) in [6, 6.07) is 19.0. The van der Waals surface area contributed by atoms with E-state index in [0.29, 0.717) is 13.0 Å². The molecule has 1 fully saturated rings. The van der Waals surface area contributed by atoms with Crippen LogP contribution in [0.2, 0.25) is 0 Å². The van der Waals surface area contributed by atoms with Gasteiger partial charge in [0.25, 0.3) is 0 Å². The van der Waals surface area contributed by atoms with E-state index >= 15 is 0 Å². The topological polar surface area (TPSA) is 54.5 Å². The van der Waals surface area contributed by atoms with Crippen molar-refractivity contribution in [3.63, 3.8) is 0 Å². The van der Waals surface area contributed by atoms with Crippen molar-refractivity contribution in [3.05, 3.63) is 77.9 Å². The number of hydrogen-bond acceptors (Lipinski definition) is 3. The zero-order valence-electron chi connectivity index (χ0n) is 13.9. The summed E-state index contributed by atoms with van der Waals surface area (Å²) in [5, 5.41) is 0. The second-order valence-electron chi connectivity index (χ2n) is 6.25. The fourth-order valence-corrected chi connectivity index (χ4v) is 4.75. The number of amides is 1. The second-order valence-corrected chi connectivity index (χ2v) is 8.48. The highest BCUT2D eigenvalue weighted by molar-refractivity contribution is 7.91. The molecular weight excluding hydrogens is 334 g/mol. The Labute approximate surface area is 148 Å². The maximum Gasteiger partial charge on any atom is 0.247 e. The zero-order chi connectivity index (χ0) is 17.7. The Bertz CT molecular complexity index is 845. The average Bonchev–Trinajstić information content (AvgIpc) is 2.99. The SMILES string of the molecule is O=C(/C=C/c1ccccc1)N(Cc1ccccc1)C1CCS(=O)(=O)C1. The first kappa shape index (κ1) is 17.4. The quantitative estimate of drug-likeness (QED) is 0.775. The van der Waals surface area contributed by atoms with Gasteiger partial charge in [-0.1, -0.05) is 60.7 Å². The second kappa shape index (κ2) is 7.66. The minimum atomic E-state index is -3.05. The van der Waals surface area contributed by atoms with Gasteiger partial charge in [-0.3, -0.25) is 4.79 Å². The third-order valence-electron chi connectivity index (χ3n) is 4.35. The lowest BCUT2D eigenvalue weighted by Gasteiger charge is -2.27. The Morgan fingerprint density at radius 2 is 1.68 bits per heavy atom. The number of benzene rings is 2. The van der Waals surface area contributed by atoms with Crippen molar-refractivity contribution >= 4 is 21.8 Å². The summed E-state index contributed by atoms with van der Waals surface area (Å²) >= 11 is 0. The van der Waals surface area contributed by atoms with Crippen LogP contribution >= 0.6 is 0 Å². The first-order chi connectivity index (χ1) is 12.0. The molecule has 1 atom stereocenters. The molecule has 0 radical (unpaired) electrons. The van der Waals surface area contributed by atoms with Crippen LogP contribution in [-0.2, 0) is 21.2 Å². The summed E-state index contributed by atoms with van der Waals surface area (Å²) in [5.41, 5.74) is 1.93. The maximum absolute atomic E-state index is 12.8. The van der Waals surface area contributed by atoms with Crippen molar-refractivity contribution in [1.82, 2.24) is 4.90 Å². The van der Waals surface area contributed by atoms with Crippen LogP contribution in [0.25, 0.3) is 6.08 Å². The summed E-state index contributed by atoms with van der Waals surface area (Å²) in [6.07, 6.45) is 3.80. The van der Waals surface area contributed by atoms with E-state index in [1.807, 2.05) is 60.7 Å². The van der Waals surface area contributed by atoms with Crippen molar-refractivity contribution in [2.24, 2.45) is 0 Å². The molecule has 5 heteroatoms. The molecule has 3 rings (SSSR count). The van der Waals surface area contributed by atoms with Crippen LogP contribution in [0.4, 0.5) is 0 Å². The van der Waals surface area contributed by atoms with E-state index in [1.165, 1.54) is 6.08 Å². The molecule has 1 heterocycles. The van der Waals surface area contributed by atoms with Crippen LogP contribution in [-0.4, -0.2) is 36.8 Å². The van der Waals surface area contributed by atoms with Crippen molar-refractivity contribution in [1.29, 1.82) is 0 Å². The van der Waals surface area contributed by atoms with Gasteiger partial charge in [0.15, 0.2) is 9.84 Å². The van der Waals surface area contributed by atoms with E-state index in [-0.39, 0.29) is 23.5 Å². The Kier molecular flexibility index (Phi) is 5.34. The van der Waals surface area contributed by atoms with Crippen LogP contribution in [0.3, 0.4) is 0 Å². The number of nitrogens with zero attached hydrogens (tertiary/aromatic N) is 1. The van der Waals surface area contributed by atoms with Crippen LogP contribution < -0.4 is 0 Å². The van der Waals surface area contributed by atoms with Gasteiger partial charge in [0.2, 0.25) is 5.91 Å². The van der Waals surface area contributed by atoms with Gasteiger partial charge >= 0.3 is 0 Å². The molecule has 0 N–H and O–H groups in total. The average molecular weight is 355 g/mol. The van der Waals surface area contributed by atoms with Gasteiger partial charge in [-0.15, -0.1) is 0 Å². The fourth-order valence-electron chi connectivity index (χ4n) is 3.02. The largest absolute Gasteiger partial charge is 0.331 e. The van der Waals surface area contributed by atoms with E-state index in [4.69, 9.17) is 0 Å². The number of carbonyl (C=O) groups excluding carboxylic acids is 1. The van der Waals surface area contributed by atoms with Crippen molar-refractivity contribution in [2.45, 2.75) is 19.0 Å². The van der Waals surface area contributed by atoms with Gasteiger partial charge in [-0.05, 0) is 23.6 Å². The number of carbonyl (C=O) groups is 1. The van der Waals surface area contributed by atoms with Gasteiger partial charge in [0.05, 0.1) is 11.5 Å². The predicted octanol–water partition coefficient (Wildman–Crippen LogP) is 2.92. The minimum Gasteiger partial charge on any atom is -0.331 e. The fraction of sp³-hybridized carbons (Fsp3) is 0.250. The third kappa shape index (κ3) is 4.79. The molecule has 0 aromatic heterocycles. The van der Waals surface area contributed by atoms with E-state index in [1.54, 1.807) is 11.0 Å². The van der Waals surface area contributed by atoms with Crippen molar-refractivity contribution in [3.8, 4) is 0 Å². The van der Waals surface area contributed by atoms with Crippen LogP contribution in [0.15, 0.2) is 66.7 Å². The highest BCUT2D eigenvalue weighted by Crippen LogP contribution is 2.21. The molecule has 4 nitrogen and oxygen atoms in total. The molecule has 2 aromatic rings. The van der Waals surface area contributed by atoms with Gasteiger partial charge in [0, 0.05) is 18.7 Å².